The molecule has 0 spiro atoms. The summed E-state index contributed by atoms with van der Waals surface area (Å²) < 4.78 is 3.96. The average molecular weight is 381 g/mol. The third-order valence-corrected chi connectivity index (χ3v) is 7.17. The Morgan fingerprint density at radius 3 is 2.25 bits per heavy atom. The van der Waals surface area contributed by atoms with E-state index in [0.717, 1.165) is 12.0 Å². The van der Waals surface area contributed by atoms with Gasteiger partial charge in [0, 0.05) is 0 Å². The molecular weight excluding hydrogens is 368 g/mol. The molecule has 5 heteroatoms. The topological polar surface area (TPSA) is 9.23 Å². The van der Waals surface area contributed by atoms with Crippen molar-refractivity contribution in [1.82, 2.24) is 0 Å². The molecule has 72 valence electrons. The zero-order chi connectivity index (χ0) is 9.78. The van der Waals surface area contributed by atoms with Crippen LogP contribution < -0.4 is 0 Å². The smallest absolute Gasteiger partial charge is 0.294 e. The summed E-state index contributed by atoms with van der Waals surface area (Å²) in [5, 5.41) is 0. The fraction of sp³-hybridized carbons (Fsp3) is 0.714. The van der Waals surface area contributed by atoms with Gasteiger partial charge in [-0.05, 0) is 13.3 Å². The number of halogens is 3. The van der Waals surface area contributed by atoms with E-state index in [1.807, 2.05) is 6.92 Å². The Morgan fingerprint density at radius 2 is 2.00 bits per heavy atom. The maximum Gasteiger partial charge on any atom is 0.294 e. The predicted octanol–water partition coefficient (Wildman–Crippen LogP) is 4.02. The van der Waals surface area contributed by atoms with Gasteiger partial charge in [-0.15, -0.1) is 0 Å². The lowest BCUT2D eigenvalue weighted by atomic mass is 10.4. The molecule has 0 aromatic heterocycles. The van der Waals surface area contributed by atoms with Gasteiger partial charge >= 0.3 is 0 Å². The summed E-state index contributed by atoms with van der Waals surface area (Å²) in [7, 11) is 0. The molecule has 0 heterocycles. The molecule has 0 aliphatic rings. The summed E-state index contributed by atoms with van der Waals surface area (Å²) in [6, 6.07) is 0. The first-order chi connectivity index (χ1) is 5.38. The minimum Gasteiger partial charge on any atom is -0.374 e. The molecule has 0 aliphatic heterocycles. The lowest BCUT2D eigenvalue weighted by Gasteiger charge is -2.22. The zero-order valence-corrected chi connectivity index (χ0v) is 13.0. The SMILES string of the molecule is C=C(C)COC(CC)[Si](Br)(Br)Br. The van der Waals surface area contributed by atoms with Crippen LogP contribution in [0.2, 0.25) is 0 Å². The minimum atomic E-state index is -1.68. The number of rotatable bonds is 5. The molecule has 1 nitrogen and oxygen atoms in total. The molecule has 1 atom stereocenters. The summed E-state index contributed by atoms with van der Waals surface area (Å²) >= 11 is 10.7. The number of ether oxygens (including phenoxy) is 1. The van der Waals surface area contributed by atoms with Crippen LogP contribution in [0.4, 0.5) is 0 Å². The van der Waals surface area contributed by atoms with Crippen LogP contribution in [0, 0.1) is 0 Å². The molecule has 0 aliphatic carbocycles. The van der Waals surface area contributed by atoms with Crippen molar-refractivity contribution in [3.05, 3.63) is 12.2 Å². The molecule has 0 N–H and O–H groups in total. The van der Waals surface area contributed by atoms with Gasteiger partial charge in [0.15, 0.2) is 0 Å². The highest BCUT2D eigenvalue weighted by Crippen LogP contribution is 2.34. The Hall–Kier alpha value is 1.36. The molecule has 0 saturated carbocycles. The Balaban J connectivity index is 3.92. The van der Waals surface area contributed by atoms with Crippen molar-refractivity contribution in [3.63, 3.8) is 0 Å². The molecule has 0 amide bonds. The zero-order valence-electron chi connectivity index (χ0n) is 7.24. The van der Waals surface area contributed by atoms with E-state index in [1.54, 1.807) is 0 Å². The van der Waals surface area contributed by atoms with Crippen molar-refractivity contribution in [2.45, 2.75) is 26.0 Å². The molecule has 0 aromatic carbocycles. The quantitative estimate of drug-likeness (QED) is 0.397. The molecule has 0 radical (unpaired) electrons. The third kappa shape index (κ3) is 5.91. The fourth-order valence-electron chi connectivity index (χ4n) is 0.687. The van der Waals surface area contributed by atoms with Gasteiger partial charge in [0.05, 0.1) is 12.3 Å². The molecule has 0 saturated heterocycles. The standard InChI is InChI=1S/C7H13Br3OSi/c1-4-7(12(8,9)10)11-5-6(2)3/h7H,2,4-5H2,1,3H3. The minimum absolute atomic E-state index is 0.231. The van der Waals surface area contributed by atoms with Crippen molar-refractivity contribution in [3.8, 4) is 0 Å². The molecule has 12 heavy (non-hydrogen) atoms. The first-order valence-corrected chi connectivity index (χ1v) is 12.6. The van der Waals surface area contributed by atoms with E-state index in [2.05, 4.69) is 59.4 Å². The second-order valence-corrected chi connectivity index (χ2v) is 25.3. The average Bonchev–Trinajstić information content (AvgIpc) is 1.85. The van der Waals surface area contributed by atoms with E-state index < -0.39 is 3.93 Å². The molecule has 0 fully saturated rings. The lowest BCUT2D eigenvalue weighted by Crippen LogP contribution is -2.32. The molecule has 1 unspecified atom stereocenters. The van der Waals surface area contributed by atoms with E-state index >= 15 is 0 Å². The summed E-state index contributed by atoms with van der Waals surface area (Å²) in [6.07, 6.45) is 0.987. The predicted molar refractivity (Wildman–Crippen MR) is 67.4 cm³/mol. The van der Waals surface area contributed by atoms with Crippen molar-refractivity contribution < 1.29 is 4.74 Å². The first-order valence-electron chi connectivity index (χ1n) is 3.70. The van der Waals surface area contributed by atoms with E-state index in [-0.39, 0.29) is 5.73 Å². The highest BCUT2D eigenvalue weighted by molar-refractivity contribution is 9.72. The van der Waals surface area contributed by atoms with Crippen molar-refractivity contribution in [2.24, 2.45) is 0 Å². The van der Waals surface area contributed by atoms with Crippen molar-refractivity contribution in [2.75, 3.05) is 6.61 Å². The van der Waals surface area contributed by atoms with Crippen LogP contribution in [-0.2, 0) is 4.74 Å². The highest BCUT2D eigenvalue weighted by Gasteiger charge is 2.33. The van der Waals surface area contributed by atoms with Gasteiger partial charge in [0.25, 0.3) is 3.93 Å². The summed E-state index contributed by atoms with van der Waals surface area (Å²) in [4.78, 5) is 0. The van der Waals surface area contributed by atoms with E-state index in [9.17, 15) is 0 Å². The molecule has 0 rings (SSSR count). The summed E-state index contributed by atoms with van der Waals surface area (Å²) in [5.41, 5.74) is 1.29. The monoisotopic (exact) mass is 378 g/mol. The van der Waals surface area contributed by atoms with Crippen molar-refractivity contribution in [1.29, 1.82) is 0 Å². The Morgan fingerprint density at radius 1 is 1.50 bits per heavy atom. The Bertz CT molecular complexity index is 155. The lowest BCUT2D eigenvalue weighted by molar-refractivity contribution is 0.123. The van der Waals surface area contributed by atoms with Crippen molar-refractivity contribution >= 4 is 49.8 Å². The maximum absolute atomic E-state index is 5.64. The van der Waals surface area contributed by atoms with Crippen LogP contribution in [0.1, 0.15) is 20.3 Å². The van der Waals surface area contributed by atoms with Gasteiger partial charge in [-0.1, -0.05) is 65.0 Å². The van der Waals surface area contributed by atoms with Crippen LogP contribution in [0.15, 0.2) is 12.2 Å². The fourth-order valence-corrected chi connectivity index (χ4v) is 5.53. The van der Waals surface area contributed by atoms with Gasteiger partial charge in [0.1, 0.15) is 0 Å². The van der Waals surface area contributed by atoms with Crippen LogP contribution >= 0.6 is 45.9 Å². The largest absolute Gasteiger partial charge is 0.374 e. The second-order valence-electron chi connectivity index (χ2n) is 2.71. The van der Waals surface area contributed by atoms with Gasteiger partial charge in [-0.2, -0.15) is 0 Å². The maximum atomic E-state index is 5.64. The third-order valence-electron chi connectivity index (χ3n) is 1.27. The van der Waals surface area contributed by atoms with E-state index in [4.69, 9.17) is 4.74 Å². The normalized spacial score (nSPS) is 14.4. The van der Waals surface area contributed by atoms with Gasteiger partial charge in [-0.25, -0.2) is 0 Å². The van der Waals surface area contributed by atoms with Gasteiger partial charge in [-0.3, -0.25) is 0 Å². The molecular formula is C7H13Br3OSi. The van der Waals surface area contributed by atoms with E-state index in [0.29, 0.717) is 6.61 Å². The van der Waals surface area contributed by atoms with Crippen LogP contribution in [0.3, 0.4) is 0 Å². The van der Waals surface area contributed by atoms with Crippen LogP contribution in [0.5, 0.6) is 0 Å². The Kier molecular flexibility index (Phi) is 6.63. The van der Waals surface area contributed by atoms with Crippen LogP contribution in [0.25, 0.3) is 0 Å². The molecule has 0 aromatic rings. The molecule has 0 bridgehead atoms. The van der Waals surface area contributed by atoms with Gasteiger partial charge < -0.3 is 4.74 Å². The second kappa shape index (κ2) is 5.96. The first kappa shape index (κ1) is 13.4. The summed E-state index contributed by atoms with van der Waals surface area (Å²) in [6.45, 7) is 8.49. The number of hydrogen-bond acceptors (Lipinski definition) is 1. The van der Waals surface area contributed by atoms with Gasteiger partial charge in [0.2, 0.25) is 0 Å². The summed E-state index contributed by atoms with van der Waals surface area (Å²) in [5.74, 6) is 0. The Labute approximate surface area is 98.7 Å². The highest BCUT2D eigenvalue weighted by atomic mass is 80.0. The van der Waals surface area contributed by atoms with Crippen LogP contribution in [-0.4, -0.2) is 16.3 Å². The van der Waals surface area contributed by atoms with E-state index in [1.165, 1.54) is 0 Å². The number of hydrogen-bond donors (Lipinski definition) is 0.